The Bertz CT molecular complexity index is 1080. The van der Waals surface area contributed by atoms with E-state index in [0.29, 0.717) is 17.2 Å². The average molecular weight is 409 g/mol. The van der Waals surface area contributed by atoms with Gasteiger partial charge >= 0.3 is 5.97 Å². The second-order valence-corrected chi connectivity index (χ2v) is 7.87. The number of hydrogen-bond donors (Lipinski definition) is 0. The van der Waals surface area contributed by atoms with Crippen LogP contribution >= 0.6 is 0 Å². The quantitative estimate of drug-likeness (QED) is 0.573. The van der Waals surface area contributed by atoms with Crippen molar-refractivity contribution in [3.8, 4) is 11.5 Å². The van der Waals surface area contributed by atoms with Crippen molar-refractivity contribution in [2.24, 2.45) is 0 Å². The molecule has 1 amide bonds. The molecule has 1 aliphatic carbocycles. The molecule has 0 spiro atoms. The van der Waals surface area contributed by atoms with Gasteiger partial charge < -0.3 is 9.15 Å². The third-order valence-corrected chi connectivity index (χ3v) is 5.63. The molecule has 0 aliphatic heterocycles. The molecule has 3 heterocycles. The lowest BCUT2D eigenvalue weighted by molar-refractivity contribution is -0.142. The first-order chi connectivity index (χ1) is 14.5. The molecule has 1 fully saturated rings. The van der Waals surface area contributed by atoms with Crippen molar-refractivity contribution in [3.05, 3.63) is 41.8 Å². The number of anilines is 1. The summed E-state index contributed by atoms with van der Waals surface area (Å²) in [5.74, 6) is 1.47. The fraction of sp³-hybridized carbons (Fsp3) is 0.435. The molecule has 0 saturated heterocycles. The van der Waals surface area contributed by atoms with E-state index in [4.69, 9.17) is 14.1 Å². The molecule has 0 N–H and O–H groups in total. The van der Waals surface area contributed by atoms with Gasteiger partial charge in [0.2, 0.25) is 5.91 Å². The van der Waals surface area contributed by atoms with Crippen molar-refractivity contribution in [1.29, 1.82) is 0 Å². The van der Waals surface area contributed by atoms with Crippen LogP contribution in [0.2, 0.25) is 0 Å². The Balaban J connectivity index is 1.85. The highest BCUT2D eigenvalue weighted by Gasteiger charge is 2.31. The molecule has 7 nitrogen and oxygen atoms in total. The number of hydrogen-bond acceptors (Lipinski definition) is 5. The first kappa shape index (κ1) is 20.2. The molecule has 30 heavy (non-hydrogen) atoms. The lowest BCUT2D eigenvalue weighted by Crippen LogP contribution is -2.41. The number of pyridine rings is 1. The highest BCUT2D eigenvalue weighted by atomic mass is 16.5. The molecule has 0 aromatic carbocycles. The van der Waals surface area contributed by atoms with Gasteiger partial charge in [-0.05, 0) is 44.0 Å². The summed E-state index contributed by atoms with van der Waals surface area (Å²) >= 11 is 0. The van der Waals surface area contributed by atoms with Crippen molar-refractivity contribution >= 4 is 23.3 Å². The van der Waals surface area contributed by atoms with Gasteiger partial charge in [0.1, 0.15) is 23.7 Å². The highest BCUT2D eigenvalue weighted by molar-refractivity contribution is 5.95. The molecule has 4 rings (SSSR count). The van der Waals surface area contributed by atoms with E-state index >= 15 is 0 Å². The Morgan fingerprint density at radius 1 is 1.17 bits per heavy atom. The first-order valence-corrected chi connectivity index (χ1v) is 10.5. The molecule has 158 valence electrons. The molecule has 0 radical (unpaired) electrons. The lowest BCUT2D eigenvalue weighted by atomic mass is 9.94. The maximum atomic E-state index is 12.9. The summed E-state index contributed by atoms with van der Waals surface area (Å²) < 4.78 is 13.0. The normalized spacial score (nSPS) is 14.8. The van der Waals surface area contributed by atoms with E-state index in [1.807, 2.05) is 40.5 Å². The summed E-state index contributed by atoms with van der Waals surface area (Å²) in [6.45, 7) is 5.05. The van der Waals surface area contributed by atoms with Crippen LogP contribution in [0.5, 0.6) is 0 Å². The van der Waals surface area contributed by atoms with Crippen LogP contribution in [0.1, 0.15) is 57.4 Å². The minimum Gasteiger partial charge on any atom is -0.458 e. The van der Waals surface area contributed by atoms with E-state index < -0.39 is 0 Å². The Hall–Kier alpha value is -3.09. The summed E-state index contributed by atoms with van der Waals surface area (Å²) in [5.41, 5.74) is 2.38. The van der Waals surface area contributed by atoms with Crippen LogP contribution in [-0.4, -0.2) is 27.3 Å². The number of aryl methyl sites for hydroxylation is 1. The maximum Gasteiger partial charge on any atom is 0.303 e. The van der Waals surface area contributed by atoms with Crippen molar-refractivity contribution in [2.45, 2.75) is 65.5 Å². The van der Waals surface area contributed by atoms with Crippen molar-refractivity contribution < 1.29 is 18.7 Å². The molecule has 1 aliphatic rings. The molecule has 3 aromatic heterocycles. The third-order valence-electron chi connectivity index (χ3n) is 5.63. The summed E-state index contributed by atoms with van der Waals surface area (Å²) in [5, 5.41) is 0. The smallest absolute Gasteiger partial charge is 0.303 e. The minimum atomic E-state index is -0.364. The Morgan fingerprint density at radius 2 is 1.93 bits per heavy atom. The fourth-order valence-corrected chi connectivity index (χ4v) is 4.30. The zero-order valence-electron chi connectivity index (χ0n) is 17.7. The Labute approximate surface area is 175 Å². The topological polar surface area (TPSA) is 77.0 Å². The number of imidazole rings is 1. The summed E-state index contributed by atoms with van der Waals surface area (Å²) in [6.07, 6.45) is 5.40. The number of fused-ring (bicyclic) bond motifs is 1. The van der Waals surface area contributed by atoms with Gasteiger partial charge in [-0.2, -0.15) is 0 Å². The first-order valence-electron chi connectivity index (χ1n) is 10.5. The van der Waals surface area contributed by atoms with Gasteiger partial charge in [0, 0.05) is 25.6 Å². The van der Waals surface area contributed by atoms with Gasteiger partial charge in [-0.1, -0.05) is 25.3 Å². The highest BCUT2D eigenvalue weighted by Crippen LogP contribution is 2.37. The van der Waals surface area contributed by atoms with Gasteiger partial charge in [-0.25, -0.2) is 4.98 Å². The predicted octanol–water partition coefficient (Wildman–Crippen LogP) is 4.65. The second-order valence-electron chi connectivity index (χ2n) is 7.87. The number of rotatable bonds is 5. The van der Waals surface area contributed by atoms with Gasteiger partial charge in [0.15, 0.2) is 11.6 Å². The van der Waals surface area contributed by atoms with E-state index in [1.165, 1.54) is 13.3 Å². The maximum absolute atomic E-state index is 12.9. The predicted molar refractivity (Wildman–Crippen MR) is 113 cm³/mol. The van der Waals surface area contributed by atoms with Gasteiger partial charge in [-0.3, -0.25) is 18.9 Å². The molecule has 0 bridgehead atoms. The zero-order chi connectivity index (χ0) is 21.3. The average Bonchev–Trinajstić information content (AvgIpc) is 3.33. The fourth-order valence-electron chi connectivity index (χ4n) is 4.30. The van der Waals surface area contributed by atoms with E-state index in [-0.39, 0.29) is 24.5 Å². The van der Waals surface area contributed by atoms with Gasteiger partial charge in [0.05, 0.1) is 0 Å². The van der Waals surface area contributed by atoms with Crippen LogP contribution in [0.25, 0.3) is 17.1 Å². The third kappa shape index (κ3) is 3.84. The van der Waals surface area contributed by atoms with Crippen LogP contribution in [-0.2, 0) is 20.9 Å². The van der Waals surface area contributed by atoms with Crippen LogP contribution in [0.4, 0.5) is 5.82 Å². The molecular formula is C23H27N3O4. The second kappa shape index (κ2) is 8.34. The van der Waals surface area contributed by atoms with Crippen molar-refractivity contribution in [3.63, 3.8) is 0 Å². The number of aromatic nitrogens is 2. The van der Waals surface area contributed by atoms with Crippen molar-refractivity contribution in [1.82, 2.24) is 9.38 Å². The minimum absolute atomic E-state index is 0.0000966. The van der Waals surface area contributed by atoms with Crippen molar-refractivity contribution in [2.75, 3.05) is 4.90 Å². The molecule has 7 heteroatoms. The Kier molecular flexibility index (Phi) is 5.61. The largest absolute Gasteiger partial charge is 0.458 e. The molecule has 0 atom stereocenters. The van der Waals surface area contributed by atoms with Gasteiger partial charge in [-0.15, -0.1) is 0 Å². The number of ether oxygens (including phenoxy) is 1. The number of furan rings is 1. The number of nitrogens with zero attached hydrogens (tertiary/aromatic N) is 3. The van der Waals surface area contributed by atoms with Crippen LogP contribution < -0.4 is 4.90 Å². The molecule has 0 unspecified atom stereocenters. The van der Waals surface area contributed by atoms with E-state index in [1.54, 1.807) is 13.0 Å². The molecule has 3 aromatic rings. The number of carbonyl (C=O) groups excluding carboxylic acids is 2. The number of esters is 1. The summed E-state index contributed by atoms with van der Waals surface area (Å²) in [4.78, 5) is 30.7. The van der Waals surface area contributed by atoms with E-state index in [9.17, 15) is 9.59 Å². The summed E-state index contributed by atoms with van der Waals surface area (Å²) in [6, 6.07) is 9.64. The Morgan fingerprint density at radius 3 is 2.63 bits per heavy atom. The number of amides is 1. The molecule has 1 saturated carbocycles. The number of carbonyl (C=O) groups is 2. The van der Waals surface area contributed by atoms with E-state index in [2.05, 4.69) is 0 Å². The standard InChI is InChI=1S/C23H27N3O4/c1-15-8-7-11-21-24-22(20-13-12-19(30-20)14-29-17(3)28)23(25(15)21)26(16(2)27)18-9-5-4-6-10-18/h7-8,11-13,18H,4-6,9-10,14H2,1-3H3. The van der Waals surface area contributed by atoms with Crippen LogP contribution in [0.15, 0.2) is 34.7 Å². The zero-order valence-corrected chi connectivity index (χ0v) is 17.7. The van der Waals surface area contributed by atoms with Crippen LogP contribution in [0, 0.1) is 6.92 Å². The summed E-state index contributed by atoms with van der Waals surface area (Å²) in [7, 11) is 0. The van der Waals surface area contributed by atoms with Crippen LogP contribution in [0.3, 0.4) is 0 Å². The van der Waals surface area contributed by atoms with Gasteiger partial charge in [0.25, 0.3) is 0 Å². The SMILES string of the molecule is CC(=O)OCc1ccc(-c2nc3cccc(C)n3c2N(C(C)=O)C2CCCCC2)o1. The lowest BCUT2D eigenvalue weighted by Gasteiger charge is -2.33. The van der Waals surface area contributed by atoms with E-state index in [0.717, 1.165) is 42.8 Å². The monoisotopic (exact) mass is 409 g/mol. The molecular weight excluding hydrogens is 382 g/mol.